The molecule has 33 heavy (non-hydrogen) atoms. The summed E-state index contributed by atoms with van der Waals surface area (Å²) in [6.45, 7) is 7.74. The van der Waals surface area contributed by atoms with Crippen molar-refractivity contribution in [3.8, 4) is 0 Å². The number of rotatable bonds is 6. The number of nitrogens with zero attached hydrogens (tertiary/aromatic N) is 5. The molecular formula is C26H32ClN5O. The molecule has 0 spiro atoms. The molecule has 2 aliphatic rings. The van der Waals surface area contributed by atoms with E-state index in [4.69, 9.17) is 16.6 Å². The van der Waals surface area contributed by atoms with E-state index in [1.807, 2.05) is 23.1 Å². The first-order chi connectivity index (χ1) is 16.2. The minimum Gasteiger partial charge on any atom is -0.342 e. The van der Waals surface area contributed by atoms with Crippen molar-refractivity contribution in [3.05, 3.63) is 64.9 Å². The maximum Gasteiger partial charge on any atom is 0.236 e. The second-order valence-electron chi connectivity index (χ2n) is 9.23. The number of imidazole rings is 1. The SMILES string of the molecule is O=C(CN1CCN(Cc2nc3cc(Cl)ccc3n2Cc2ccccc2)CC1)N1CCCCC1. The molecule has 0 N–H and O–H groups in total. The minimum atomic E-state index is 0.296. The Labute approximate surface area is 200 Å². The summed E-state index contributed by atoms with van der Waals surface area (Å²) < 4.78 is 2.31. The predicted molar refractivity (Wildman–Crippen MR) is 132 cm³/mol. The van der Waals surface area contributed by atoms with Gasteiger partial charge in [0.25, 0.3) is 0 Å². The molecule has 0 aliphatic carbocycles. The van der Waals surface area contributed by atoms with E-state index in [9.17, 15) is 4.79 Å². The highest BCUT2D eigenvalue weighted by molar-refractivity contribution is 6.31. The smallest absolute Gasteiger partial charge is 0.236 e. The highest BCUT2D eigenvalue weighted by atomic mass is 35.5. The van der Waals surface area contributed by atoms with Gasteiger partial charge in [-0.05, 0) is 43.0 Å². The third-order valence-electron chi connectivity index (χ3n) is 6.87. The predicted octanol–water partition coefficient (Wildman–Crippen LogP) is 3.87. The summed E-state index contributed by atoms with van der Waals surface area (Å²) in [5.74, 6) is 1.36. The van der Waals surface area contributed by atoms with Gasteiger partial charge in [-0.15, -0.1) is 0 Å². The van der Waals surface area contributed by atoms with Crippen molar-refractivity contribution in [1.29, 1.82) is 0 Å². The molecule has 2 aromatic carbocycles. The number of likely N-dealkylation sites (tertiary alicyclic amines) is 1. The Bertz CT molecular complexity index is 1080. The van der Waals surface area contributed by atoms with E-state index in [0.717, 1.165) is 82.1 Å². The number of carbonyl (C=O) groups is 1. The van der Waals surface area contributed by atoms with Gasteiger partial charge in [0, 0.05) is 50.8 Å². The number of piperidine rings is 1. The zero-order valence-electron chi connectivity index (χ0n) is 19.1. The van der Waals surface area contributed by atoms with Crippen LogP contribution in [0.25, 0.3) is 11.0 Å². The lowest BCUT2D eigenvalue weighted by molar-refractivity contribution is -0.133. The van der Waals surface area contributed by atoms with Crippen LogP contribution in [0, 0.1) is 0 Å². The van der Waals surface area contributed by atoms with E-state index in [1.54, 1.807) is 0 Å². The normalized spacial score (nSPS) is 18.2. The standard InChI is InChI=1S/C26H32ClN5O/c27-22-9-10-24-23(17-22)28-25(32(24)18-21-7-3-1-4-8-21)19-29-13-15-30(16-14-29)20-26(33)31-11-5-2-6-12-31/h1,3-4,7-10,17H,2,5-6,11-16,18-20H2. The van der Waals surface area contributed by atoms with Crippen LogP contribution in [0.2, 0.25) is 5.02 Å². The number of piperazine rings is 1. The number of hydrogen-bond donors (Lipinski definition) is 0. The average Bonchev–Trinajstić information content (AvgIpc) is 3.17. The Balaban J connectivity index is 1.25. The van der Waals surface area contributed by atoms with E-state index >= 15 is 0 Å². The molecule has 7 heteroatoms. The second kappa shape index (κ2) is 10.2. The first kappa shape index (κ1) is 22.4. The molecule has 0 unspecified atom stereocenters. The van der Waals surface area contributed by atoms with Gasteiger partial charge in [0.2, 0.25) is 5.91 Å². The Morgan fingerprint density at radius 1 is 0.848 bits per heavy atom. The largest absolute Gasteiger partial charge is 0.342 e. The number of hydrogen-bond acceptors (Lipinski definition) is 4. The molecule has 0 atom stereocenters. The van der Waals surface area contributed by atoms with E-state index in [-0.39, 0.29) is 0 Å². The van der Waals surface area contributed by atoms with Crippen LogP contribution in [0.4, 0.5) is 0 Å². The minimum absolute atomic E-state index is 0.296. The van der Waals surface area contributed by atoms with Crippen molar-refractivity contribution >= 4 is 28.5 Å². The zero-order valence-corrected chi connectivity index (χ0v) is 19.9. The molecule has 174 valence electrons. The van der Waals surface area contributed by atoms with E-state index in [1.165, 1.54) is 12.0 Å². The number of fused-ring (bicyclic) bond motifs is 1. The topological polar surface area (TPSA) is 44.6 Å². The number of carbonyl (C=O) groups excluding carboxylic acids is 1. The van der Waals surface area contributed by atoms with Crippen LogP contribution in [-0.2, 0) is 17.9 Å². The van der Waals surface area contributed by atoms with Gasteiger partial charge in [0.15, 0.2) is 0 Å². The number of amides is 1. The molecule has 0 bridgehead atoms. The Morgan fingerprint density at radius 3 is 2.33 bits per heavy atom. The molecule has 0 saturated carbocycles. The lowest BCUT2D eigenvalue weighted by atomic mass is 10.1. The summed E-state index contributed by atoms with van der Waals surface area (Å²) in [7, 11) is 0. The van der Waals surface area contributed by atoms with Gasteiger partial charge in [-0.25, -0.2) is 4.98 Å². The average molecular weight is 466 g/mol. The molecule has 6 nitrogen and oxygen atoms in total. The fourth-order valence-corrected chi connectivity index (χ4v) is 5.12. The van der Waals surface area contributed by atoms with Crippen LogP contribution in [0.1, 0.15) is 30.7 Å². The molecule has 5 rings (SSSR count). The third-order valence-corrected chi connectivity index (χ3v) is 7.11. The number of benzene rings is 2. The van der Waals surface area contributed by atoms with Gasteiger partial charge >= 0.3 is 0 Å². The van der Waals surface area contributed by atoms with Crippen LogP contribution in [0.5, 0.6) is 0 Å². The molecule has 1 aromatic heterocycles. The number of aromatic nitrogens is 2. The van der Waals surface area contributed by atoms with Crippen molar-refractivity contribution in [1.82, 2.24) is 24.3 Å². The van der Waals surface area contributed by atoms with Crippen LogP contribution in [0.15, 0.2) is 48.5 Å². The van der Waals surface area contributed by atoms with Crippen molar-refractivity contribution in [2.24, 2.45) is 0 Å². The third kappa shape index (κ3) is 5.40. The van der Waals surface area contributed by atoms with Gasteiger partial charge in [0.05, 0.1) is 24.1 Å². The quantitative estimate of drug-likeness (QED) is 0.554. The van der Waals surface area contributed by atoms with Crippen LogP contribution in [0.3, 0.4) is 0 Å². The maximum atomic E-state index is 12.6. The van der Waals surface area contributed by atoms with Crippen molar-refractivity contribution in [2.75, 3.05) is 45.8 Å². The summed E-state index contributed by atoms with van der Waals surface area (Å²) in [5, 5.41) is 0.713. The molecule has 2 fully saturated rings. The van der Waals surface area contributed by atoms with Crippen LogP contribution >= 0.6 is 11.6 Å². The molecule has 3 heterocycles. The highest BCUT2D eigenvalue weighted by Gasteiger charge is 2.24. The zero-order chi connectivity index (χ0) is 22.6. The number of halogens is 1. The second-order valence-corrected chi connectivity index (χ2v) is 9.66. The summed E-state index contributed by atoms with van der Waals surface area (Å²) in [4.78, 5) is 24.4. The lowest BCUT2D eigenvalue weighted by Gasteiger charge is -2.36. The first-order valence-corrected chi connectivity index (χ1v) is 12.4. The Kier molecular flexibility index (Phi) is 6.95. The summed E-state index contributed by atoms with van der Waals surface area (Å²) in [6.07, 6.45) is 3.55. The summed E-state index contributed by atoms with van der Waals surface area (Å²) in [5.41, 5.74) is 3.32. The molecule has 3 aromatic rings. The van der Waals surface area contributed by atoms with Crippen LogP contribution < -0.4 is 0 Å². The summed E-state index contributed by atoms with van der Waals surface area (Å²) >= 11 is 6.25. The monoisotopic (exact) mass is 465 g/mol. The fourth-order valence-electron chi connectivity index (χ4n) is 4.96. The van der Waals surface area contributed by atoms with E-state index < -0.39 is 0 Å². The van der Waals surface area contributed by atoms with Gasteiger partial charge in [0.1, 0.15) is 5.82 Å². The van der Waals surface area contributed by atoms with Crippen molar-refractivity contribution < 1.29 is 4.79 Å². The fraction of sp³-hybridized carbons (Fsp3) is 0.462. The molecular weight excluding hydrogens is 434 g/mol. The maximum absolute atomic E-state index is 12.6. The van der Waals surface area contributed by atoms with Crippen molar-refractivity contribution in [3.63, 3.8) is 0 Å². The van der Waals surface area contributed by atoms with Gasteiger partial charge in [-0.2, -0.15) is 0 Å². The highest BCUT2D eigenvalue weighted by Crippen LogP contribution is 2.23. The van der Waals surface area contributed by atoms with Gasteiger partial charge < -0.3 is 9.47 Å². The molecule has 0 radical (unpaired) electrons. The van der Waals surface area contributed by atoms with Crippen molar-refractivity contribution in [2.45, 2.75) is 32.4 Å². The lowest BCUT2D eigenvalue weighted by Crippen LogP contribution is -2.50. The van der Waals surface area contributed by atoms with Gasteiger partial charge in [-0.1, -0.05) is 41.9 Å². The first-order valence-electron chi connectivity index (χ1n) is 12.1. The molecule has 1 amide bonds. The molecule has 2 aliphatic heterocycles. The van der Waals surface area contributed by atoms with E-state index in [2.05, 4.69) is 44.7 Å². The molecule has 2 saturated heterocycles. The van der Waals surface area contributed by atoms with E-state index in [0.29, 0.717) is 17.5 Å². The Morgan fingerprint density at radius 2 is 1.58 bits per heavy atom. The Hall–Kier alpha value is -2.41. The summed E-state index contributed by atoms with van der Waals surface area (Å²) in [6, 6.07) is 16.5. The van der Waals surface area contributed by atoms with Crippen LogP contribution in [-0.4, -0.2) is 76.0 Å². The van der Waals surface area contributed by atoms with Gasteiger partial charge in [-0.3, -0.25) is 14.6 Å².